The summed E-state index contributed by atoms with van der Waals surface area (Å²) in [6.45, 7) is 0. The number of nitriles is 1. The molecule has 0 saturated heterocycles. The fraction of sp³-hybridized carbons (Fsp3) is 0.167. The molecule has 0 radical (unpaired) electrons. The van der Waals surface area contributed by atoms with Crippen molar-refractivity contribution in [3.8, 4) is 17.6 Å². The Bertz CT molecular complexity index is 547. The van der Waals surface area contributed by atoms with Crippen LogP contribution < -0.4 is 15.2 Å². The number of carbonyl (C=O) groups excluding carboxylic acids is 1. The van der Waals surface area contributed by atoms with Gasteiger partial charge in [-0.15, -0.1) is 0 Å². The lowest BCUT2D eigenvalue weighted by Gasteiger charge is -2.09. The molecule has 2 N–H and O–H groups in total. The molecular formula is C12H11BrN2O3. The SMILES string of the molecule is COc1cc(OC)c(/C=C(\C#N)C(N)=O)cc1Br. The van der Waals surface area contributed by atoms with Gasteiger partial charge in [-0.2, -0.15) is 5.26 Å². The van der Waals surface area contributed by atoms with E-state index in [9.17, 15) is 4.79 Å². The molecule has 0 atom stereocenters. The van der Waals surface area contributed by atoms with Crippen LogP contribution in [0, 0.1) is 11.3 Å². The molecule has 1 amide bonds. The van der Waals surface area contributed by atoms with E-state index in [0.717, 1.165) is 0 Å². The number of ether oxygens (including phenoxy) is 2. The molecule has 0 aliphatic rings. The Morgan fingerprint density at radius 1 is 1.39 bits per heavy atom. The van der Waals surface area contributed by atoms with Crippen LogP contribution in [0.25, 0.3) is 6.08 Å². The van der Waals surface area contributed by atoms with E-state index in [1.807, 2.05) is 0 Å². The van der Waals surface area contributed by atoms with Crippen molar-refractivity contribution in [1.82, 2.24) is 0 Å². The molecule has 0 aromatic heterocycles. The van der Waals surface area contributed by atoms with Crippen LogP contribution in [0.4, 0.5) is 0 Å². The third-order valence-electron chi connectivity index (χ3n) is 2.19. The largest absolute Gasteiger partial charge is 0.496 e. The molecule has 0 fully saturated rings. The summed E-state index contributed by atoms with van der Waals surface area (Å²) >= 11 is 3.31. The van der Waals surface area contributed by atoms with Gasteiger partial charge in [0.15, 0.2) is 0 Å². The zero-order valence-corrected chi connectivity index (χ0v) is 11.4. The molecule has 0 bridgehead atoms. The number of nitrogens with two attached hydrogens (primary N) is 1. The quantitative estimate of drug-likeness (QED) is 0.679. The smallest absolute Gasteiger partial charge is 0.259 e. The van der Waals surface area contributed by atoms with E-state index in [1.54, 1.807) is 18.2 Å². The molecule has 6 heteroatoms. The molecule has 94 valence electrons. The predicted octanol–water partition coefficient (Wildman–Crippen LogP) is 1.86. The summed E-state index contributed by atoms with van der Waals surface area (Å²) in [5.74, 6) is 0.275. The zero-order valence-electron chi connectivity index (χ0n) is 9.86. The lowest BCUT2D eigenvalue weighted by molar-refractivity contribution is -0.114. The lowest BCUT2D eigenvalue weighted by atomic mass is 10.1. The van der Waals surface area contributed by atoms with Gasteiger partial charge in [0.1, 0.15) is 23.1 Å². The number of hydrogen-bond donors (Lipinski definition) is 1. The average molecular weight is 311 g/mol. The van der Waals surface area contributed by atoms with Gasteiger partial charge in [-0.25, -0.2) is 0 Å². The first-order chi connectivity index (χ1) is 8.53. The van der Waals surface area contributed by atoms with E-state index < -0.39 is 5.91 Å². The summed E-state index contributed by atoms with van der Waals surface area (Å²) in [7, 11) is 3.01. The second-order valence-electron chi connectivity index (χ2n) is 3.26. The maximum atomic E-state index is 11.0. The summed E-state index contributed by atoms with van der Waals surface area (Å²) in [5.41, 5.74) is 5.48. The van der Waals surface area contributed by atoms with Crippen molar-refractivity contribution >= 4 is 27.9 Å². The first-order valence-corrected chi connectivity index (χ1v) is 5.66. The highest BCUT2D eigenvalue weighted by Crippen LogP contribution is 2.33. The first kappa shape index (κ1) is 14.1. The molecular weight excluding hydrogens is 300 g/mol. The zero-order chi connectivity index (χ0) is 13.7. The second-order valence-corrected chi connectivity index (χ2v) is 4.12. The van der Waals surface area contributed by atoms with Gasteiger partial charge in [0.2, 0.25) is 0 Å². The summed E-state index contributed by atoms with van der Waals surface area (Å²) < 4.78 is 11.0. The van der Waals surface area contributed by atoms with Gasteiger partial charge in [0.25, 0.3) is 5.91 Å². The molecule has 0 aliphatic carbocycles. The maximum Gasteiger partial charge on any atom is 0.259 e. The molecule has 1 aromatic rings. The van der Waals surface area contributed by atoms with Crippen LogP contribution in [0.3, 0.4) is 0 Å². The number of hydrogen-bond acceptors (Lipinski definition) is 4. The topological polar surface area (TPSA) is 85.3 Å². The Morgan fingerprint density at radius 2 is 2.00 bits per heavy atom. The fourth-order valence-electron chi connectivity index (χ4n) is 1.31. The maximum absolute atomic E-state index is 11.0. The lowest BCUT2D eigenvalue weighted by Crippen LogP contribution is -2.12. The Balaban J connectivity index is 3.37. The van der Waals surface area contributed by atoms with Gasteiger partial charge in [-0.1, -0.05) is 0 Å². The van der Waals surface area contributed by atoms with Gasteiger partial charge in [-0.3, -0.25) is 4.79 Å². The molecule has 0 spiro atoms. The van der Waals surface area contributed by atoms with E-state index in [2.05, 4.69) is 15.9 Å². The fourth-order valence-corrected chi connectivity index (χ4v) is 1.83. The van der Waals surface area contributed by atoms with Gasteiger partial charge < -0.3 is 15.2 Å². The third kappa shape index (κ3) is 3.02. The van der Waals surface area contributed by atoms with Crippen LogP contribution in [0.2, 0.25) is 0 Å². The number of rotatable bonds is 4. The number of methoxy groups -OCH3 is 2. The van der Waals surface area contributed by atoms with Crippen LogP contribution in [0.1, 0.15) is 5.56 Å². The van der Waals surface area contributed by atoms with E-state index in [4.69, 9.17) is 20.5 Å². The highest BCUT2D eigenvalue weighted by Gasteiger charge is 2.11. The highest BCUT2D eigenvalue weighted by molar-refractivity contribution is 9.10. The highest BCUT2D eigenvalue weighted by atomic mass is 79.9. The normalized spacial score (nSPS) is 10.7. The van der Waals surface area contributed by atoms with Crippen molar-refractivity contribution in [2.75, 3.05) is 14.2 Å². The molecule has 0 heterocycles. The Kier molecular flexibility index (Phi) is 4.75. The van der Waals surface area contributed by atoms with E-state index in [-0.39, 0.29) is 5.57 Å². The Morgan fingerprint density at radius 3 is 2.44 bits per heavy atom. The molecule has 1 rings (SSSR count). The van der Waals surface area contributed by atoms with Crippen molar-refractivity contribution in [1.29, 1.82) is 5.26 Å². The Hall–Kier alpha value is -2.00. The minimum absolute atomic E-state index is 0.148. The average Bonchev–Trinajstić information content (AvgIpc) is 2.35. The molecule has 0 aliphatic heterocycles. The molecule has 5 nitrogen and oxygen atoms in total. The second kappa shape index (κ2) is 6.07. The van der Waals surface area contributed by atoms with Gasteiger partial charge in [0, 0.05) is 11.6 Å². The van der Waals surface area contributed by atoms with Crippen LogP contribution in [-0.4, -0.2) is 20.1 Å². The van der Waals surface area contributed by atoms with E-state index >= 15 is 0 Å². The summed E-state index contributed by atoms with van der Waals surface area (Å²) in [6, 6.07) is 5.06. The summed E-state index contributed by atoms with van der Waals surface area (Å²) in [5, 5.41) is 8.80. The minimum atomic E-state index is -0.786. The van der Waals surface area contributed by atoms with Crippen molar-refractivity contribution in [2.24, 2.45) is 5.73 Å². The number of carbonyl (C=O) groups is 1. The van der Waals surface area contributed by atoms with Crippen molar-refractivity contribution in [3.63, 3.8) is 0 Å². The van der Waals surface area contributed by atoms with Gasteiger partial charge in [-0.05, 0) is 28.1 Å². The van der Waals surface area contributed by atoms with Gasteiger partial charge in [0.05, 0.1) is 18.7 Å². The predicted molar refractivity (Wildman–Crippen MR) is 70.0 cm³/mol. The van der Waals surface area contributed by atoms with Crippen molar-refractivity contribution in [3.05, 3.63) is 27.7 Å². The van der Waals surface area contributed by atoms with Crippen molar-refractivity contribution < 1.29 is 14.3 Å². The van der Waals surface area contributed by atoms with E-state index in [0.29, 0.717) is 21.5 Å². The summed E-state index contributed by atoms with van der Waals surface area (Å²) in [4.78, 5) is 11.0. The summed E-state index contributed by atoms with van der Waals surface area (Å²) in [6.07, 6.45) is 1.37. The number of primary amides is 1. The minimum Gasteiger partial charge on any atom is -0.496 e. The Labute approximate surface area is 113 Å². The number of nitrogens with zero attached hydrogens (tertiary/aromatic N) is 1. The van der Waals surface area contributed by atoms with Crippen molar-refractivity contribution in [2.45, 2.75) is 0 Å². The monoisotopic (exact) mass is 310 g/mol. The standard InChI is InChI=1S/C12H11BrN2O3/c1-17-10-5-11(18-2)9(13)4-7(10)3-8(6-14)12(15)16/h3-5H,1-2H3,(H2,15,16)/b8-3+. The van der Waals surface area contributed by atoms with E-state index in [1.165, 1.54) is 20.3 Å². The number of amides is 1. The molecule has 18 heavy (non-hydrogen) atoms. The van der Waals surface area contributed by atoms with Crippen LogP contribution >= 0.6 is 15.9 Å². The first-order valence-electron chi connectivity index (χ1n) is 4.86. The van der Waals surface area contributed by atoms with Crippen LogP contribution in [-0.2, 0) is 4.79 Å². The van der Waals surface area contributed by atoms with Gasteiger partial charge >= 0.3 is 0 Å². The number of benzene rings is 1. The van der Waals surface area contributed by atoms with Crippen LogP contribution in [0.5, 0.6) is 11.5 Å². The third-order valence-corrected chi connectivity index (χ3v) is 2.81. The molecule has 1 aromatic carbocycles. The molecule has 0 saturated carbocycles. The number of halogens is 1. The molecule has 0 unspecified atom stereocenters. The van der Waals surface area contributed by atoms with Crippen LogP contribution in [0.15, 0.2) is 22.2 Å².